The van der Waals surface area contributed by atoms with E-state index in [1.54, 1.807) is 0 Å². The summed E-state index contributed by atoms with van der Waals surface area (Å²) < 4.78 is 5.27. The Morgan fingerprint density at radius 2 is 1.21 bits per heavy atom. The molecule has 0 aliphatic heterocycles. The molecule has 0 spiro atoms. The number of carbonyl (C=O) groups is 1. The van der Waals surface area contributed by atoms with Crippen LogP contribution in [0.1, 0.15) is 31.9 Å². The van der Waals surface area contributed by atoms with Crippen LogP contribution < -0.4 is 11.1 Å². The number of amides is 1. The van der Waals surface area contributed by atoms with E-state index in [0.29, 0.717) is 13.1 Å². The average molecular weight is 569 g/mol. The molecule has 0 fully saturated rings. The molecule has 0 unspecified atom stereocenters. The van der Waals surface area contributed by atoms with Crippen LogP contribution >= 0.6 is 0 Å². The van der Waals surface area contributed by atoms with Crippen molar-refractivity contribution in [3.05, 3.63) is 133 Å². The minimum atomic E-state index is -0.501. The van der Waals surface area contributed by atoms with E-state index in [1.807, 2.05) is 106 Å². The van der Waals surface area contributed by atoms with Gasteiger partial charge in [-0.3, -0.25) is 9.97 Å². The van der Waals surface area contributed by atoms with Crippen LogP contribution in [0, 0.1) is 0 Å². The molecule has 2 heterocycles. The van der Waals surface area contributed by atoms with Gasteiger partial charge in [0.1, 0.15) is 5.60 Å². The van der Waals surface area contributed by atoms with Gasteiger partial charge in [-0.1, -0.05) is 84.9 Å². The van der Waals surface area contributed by atoms with Gasteiger partial charge in [0, 0.05) is 47.4 Å². The van der Waals surface area contributed by atoms with Gasteiger partial charge in [0.15, 0.2) is 0 Å². The number of rotatable bonds is 5. The number of nitrogens with two attached hydrogens (primary N) is 1. The highest BCUT2D eigenvalue weighted by Crippen LogP contribution is 2.28. The van der Waals surface area contributed by atoms with Gasteiger partial charge in [0.25, 0.3) is 0 Å². The maximum absolute atomic E-state index is 11.8. The topological polar surface area (TPSA) is 90.1 Å². The van der Waals surface area contributed by atoms with Crippen LogP contribution in [-0.4, -0.2) is 21.7 Å². The first-order chi connectivity index (χ1) is 20.8. The van der Waals surface area contributed by atoms with Gasteiger partial charge in [0.2, 0.25) is 0 Å². The second-order valence-electron chi connectivity index (χ2n) is 11.2. The fraction of sp³-hybridized carbons (Fsp3) is 0.162. The third-order valence-electron chi connectivity index (χ3n) is 6.82. The number of nitrogens with one attached hydrogen (secondary N) is 1. The van der Waals surface area contributed by atoms with E-state index in [2.05, 4.69) is 51.7 Å². The molecule has 0 aliphatic rings. The highest BCUT2D eigenvalue weighted by Gasteiger charge is 2.16. The Bertz CT molecular complexity index is 1850. The smallest absolute Gasteiger partial charge is 0.407 e. The predicted octanol–water partition coefficient (Wildman–Crippen LogP) is 8.29. The Hall–Kier alpha value is -5.07. The van der Waals surface area contributed by atoms with Crippen LogP contribution in [0.2, 0.25) is 0 Å². The van der Waals surface area contributed by atoms with Crippen molar-refractivity contribution in [3.63, 3.8) is 0 Å². The summed E-state index contributed by atoms with van der Waals surface area (Å²) in [5.74, 6) is 0. The monoisotopic (exact) mass is 568 g/mol. The zero-order valence-electron chi connectivity index (χ0n) is 24.7. The number of benzene rings is 4. The molecule has 0 bridgehead atoms. The van der Waals surface area contributed by atoms with Gasteiger partial charge in [-0.05, 0) is 66.9 Å². The van der Waals surface area contributed by atoms with E-state index in [-0.39, 0.29) is 0 Å². The first-order valence-electron chi connectivity index (χ1n) is 14.3. The van der Waals surface area contributed by atoms with Crippen molar-refractivity contribution < 1.29 is 9.53 Å². The van der Waals surface area contributed by atoms with Crippen molar-refractivity contribution in [2.45, 2.75) is 39.5 Å². The van der Waals surface area contributed by atoms with E-state index >= 15 is 0 Å². The number of hydrogen-bond acceptors (Lipinski definition) is 5. The molecule has 6 rings (SSSR count). The molecule has 4 aromatic carbocycles. The second kappa shape index (κ2) is 13.3. The number of ether oxygens (including phenoxy) is 1. The van der Waals surface area contributed by atoms with E-state index in [9.17, 15) is 4.79 Å². The molecule has 0 saturated carbocycles. The third kappa shape index (κ3) is 7.61. The summed E-state index contributed by atoms with van der Waals surface area (Å²) in [6, 6.07) is 36.8. The molecule has 0 aliphatic carbocycles. The van der Waals surface area contributed by atoms with E-state index < -0.39 is 11.7 Å². The average Bonchev–Trinajstić information content (AvgIpc) is 3.03. The van der Waals surface area contributed by atoms with Crippen LogP contribution in [0.4, 0.5) is 4.79 Å². The van der Waals surface area contributed by atoms with E-state index in [0.717, 1.165) is 44.4 Å². The number of hydrogen-bond donors (Lipinski definition) is 2. The van der Waals surface area contributed by atoms with Gasteiger partial charge in [-0.2, -0.15) is 0 Å². The molecule has 0 atom stereocenters. The molecule has 0 radical (unpaired) electrons. The summed E-state index contributed by atoms with van der Waals surface area (Å²) in [6.07, 6.45) is 3.26. The molecule has 6 nitrogen and oxygen atoms in total. The first-order valence-corrected chi connectivity index (χ1v) is 14.3. The number of pyridine rings is 2. The molecule has 2 aromatic heterocycles. The molecular formula is C37H36N4O2. The van der Waals surface area contributed by atoms with Crippen LogP contribution in [0.3, 0.4) is 0 Å². The SMILES string of the molecule is CC(C)(C)OC(=O)NCc1cccc(-c2nccc3ccccc23)c1.NCc1cccc(-c2nccc3ccccc23)c1. The van der Waals surface area contributed by atoms with Gasteiger partial charge in [0.05, 0.1) is 11.4 Å². The summed E-state index contributed by atoms with van der Waals surface area (Å²) in [7, 11) is 0. The third-order valence-corrected chi connectivity index (χ3v) is 6.82. The Labute approximate surface area is 252 Å². The lowest BCUT2D eigenvalue weighted by Gasteiger charge is -2.19. The zero-order valence-corrected chi connectivity index (χ0v) is 24.7. The maximum atomic E-state index is 11.8. The molecule has 43 heavy (non-hydrogen) atoms. The van der Waals surface area contributed by atoms with Crippen molar-refractivity contribution in [2.75, 3.05) is 0 Å². The normalized spacial score (nSPS) is 11.1. The quantitative estimate of drug-likeness (QED) is 0.218. The van der Waals surface area contributed by atoms with Crippen molar-refractivity contribution in [3.8, 4) is 22.5 Å². The Morgan fingerprint density at radius 3 is 1.74 bits per heavy atom. The minimum Gasteiger partial charge on any atom is -0.444 e. The van der Waals surface area contributed by atoms with Gasteiger partial charge >= 0.3 is 6.09 Å². The van der Waals surface area contributed by atoms with Gasteiger partial charge in [-0.25, -0.2) is 4.79 Å². The lowest BCUT2D eigenvalue weighted by Crippen LogP contribution is -2.32. The van der Waals surface area contributed by atoms with Gasteiger partial charge in [-0.15, -0.1) is 0 Å². The second-order valence-corrected chi connectivity index (χ2v) is 11.2. The van der Waals surface area contributed by atoms with Crippen LogP contribution in [0.25, 0.3) is 44.1 Å². The summed E-state index contributed by atoms with van der Waals surface area (Å²) in [5.41, 5.74) is 11.4. The number of alkyl carbamates (subject to hydrolysis) is 1. The standard InChI is InChI=1S/C21H22N2O2.C16H14N2/c1-21(2,3)25-20(24)23-14-15-7-6-9-17(13-15)19-18-10-5-4-8-16(18)11-12-22-19;17-11-12-4-3-6-14(10-12)16-15-7-2-1-5-13(15)8-9-18-16/h4-13H,14H2,1-3H3,(H,23,24);1-10H,11,17H2. The Morgan fingerprint density at radius 1 is 0.698 bits per heavy atom. The molecule has 6 aromatic rings. The summed E-state index contributed by atoms with van der Waals surface area (Å²) in [4.78, 5) is 20.9. The zero-order chi connectivity index (χ0) is 30.2. The number of nitrogens with zero attached hydrogens (tertiary/aromatic N) is 2. The lowest BCUT2D eigenvalue weighted by atomic mass is 10.0. The lowest BCUT2D eigenvalue weighted by molar-refractivity contribution is 0.0523. The largest absolute Gasteiger partial charge is 0.444 e. The highest BCUT2D eigenvalue weighted by molar-refractivity contribution is 5.95. The maximum Gasteiger partial charge on any atom is 0.407 e. The number of fused-ring (bicyclic) bond motifs is 2. The molecule has 0 saturated heterocycles. The molecule has 3 N–H and O–H groups in total. The van der Waals surface area contributed by atoms with Crippen molar-refractivity contribution >= 4 is 27.6 Å². The molecule has 216 valence electrons. The van der Waals surface area contributed by atoms with Crippen LogP contribution in [-0.2, 0) is 17.8 Å². The summed E-state index contributed by atoms with van der Waals surface area (Å²) in [5, 5.41) is 7.44. The van der Waals surface area contributed by atoms with Gasteiger partial charge < -0.3 is 15.8 Å². The molecule has 6 heteroatoms. The predicted molar refractivity (Wildman–Crippen MR) is 175 cm³/mol. The van der Waals surface area contributed by atoms with Crippen LogP contribution in [0.5, 0.6) is 0 Å². The molecular weight excluding hydrogens is 532 g/mol. The number of carbonyl (C=O) groups excluding carboxylic acids is 1. The summed E-state index contributed by atoms with van der Waals surface area (Å²) >= 11 is 0. The Kier molecular flexibility index (Phi) is 9.08. The van der Waals surface area contributed by atoms with Crippen molar-refractivity contribution in [2.24, 2.45) is 5.73 Å². The molecule has 1 amide bonds. The van der Waals surface area contributed by atoms with E-state index in [4.69, 9.17) is 10.5 Å². The van der Waals surface area contributed by atoms with Crippen molar-refractivity contribution in [1.82, 2.24) is 15.3 Å². The first kappa shape index (κ1) is 29.4. The van der Waals surface area contributed by atoms with Crippen molar-refractivity contribution in [1.29, 1.82) is 0 Å². The Balaban J connectivity index is 0.000000180. The van der Waals surface area contributed by atoms with Crippen LogP contribution in [0.15, 0.2) is 122 Å². The summed E-state index contributed by atoms with van der Waals surface area (Å²) in [6.45, 7) is 6.50. The van der Waals surface area contributed by atoms with E-state index in [1.165, 1.54) is 10.8 Å². The minimum absolute atomic E-state index is 0.410. The fourth-order valence-electron chi connectivity index (χ4n) is 4.86. The number of aromatic nitrogens is 2. The highest BCUT2D eigenvalue weighted by atomic mass is 16.6. The fourth-order valence-corrected chi connectivity index (χ4v) is 4.86.